The van der Waals surface area contributed by atoms with Gasteiger partial charge in [-0.2, -0.15) is 0 Å². The van der Waals surface area contributed by atoms with Gasteiger partial charge in [-0.05, 0) is 29.2 Å². The van der Waals surface area contributed by atoms with Gasteiger partial charge < -0.3 is 41.9 Å². The van der Waals surface area contributed by atoms with Crippen LogP contribution in [0, 0.1) is 0 Å². The van der Waals surface area contributed by atoms with E-state index in [-0.39, 0.29) is 46.0 Å². The molecule has 2 aliphatic heterocycles. The van der Waals surface area contributed by atoms with Crippen LogP contribution in [-0.2, 0) is 35.9 Å². The number of nitrogens with zero attached hydrogens (tertiary/aromatic N) is 5. The van der Waals surface area contributed by atoms with Crippen LogP contribution in [0.5, 0.6) is 0 Å². The van der Waals surface area contributed by atoms with Gasteiger partial charge in [0.15, 0.2) is 10.8 Å². The predicted octanol–water partition coefficient (Wildman–Crippen LogP) is -2.12. The molecule has 7 N–H and O–H groups in total. The van der Waals surface area contributed by atoms with Gasteiger partial charge in [0.25, 0.3) is 17.6 Å². The molecular weight excluding hydrogens is 627 g/mol. The Hall–Kier alpha value is -4.43. The van der Waals surface area contributed by atoms with E-state index in [1.807, 2.05) is 0 Å². The quantitative estimate of drug-likeness (QED) is 0.0295. The zero-order valence-electron chi connectivity index (χ0n) is 22.5. The van der Waals surface area contributed by atoms with Crippen molar-refractivity contribution in [1.82, 2.24) is 20.2 Å². The Labute approximate surface area is 255 Å². The van der Waals surface area contributed by atoms with Crippen LogP contribution in [0.4, 0.5) is 16.6 Å². The number of carbonyl (C=O) groups is 5. The Morgan fingerprint density at radius 1 is 1.40 bits per heavy atom. The Balaban J connectivity index is 1.49. The highest BCUT2D eigenvalue weighted by Gasteiger charge is 2.53. The number of hydrogen-bond acceptors (Lipinski definition) is 15. The molecule has 4 rings (SSSR count). The summed E-state index contributed by atoms with van der Waals surface area (Å²) >= 11 is 3.45. The average Bonchev–Trinajstić information content (AvgIpc) is 3.37. The Bertz CT molecular complexity index is 1550. The van der Waals surface area contributed by atoms with Gasteiger partial charge in [0.05, 0.1) is 25.1 Å². The molecule has 0 aliphatic carbocycles. The van der Waals surface area contributed by atoms with E-state index in [1.165, 1.54) is 35.8 Å². The second kappa shape index (κ2) is 13.3. The lowest BCUT2D eigenvalue weighted by atomic mass is 10.0. The third-order valence-corrected chi connectivity index (χ3v) is 9.14. The van der Waals surface area contributed by atoms with Crippen molar-refractivity contribution in [3.63, 3.8) is 0 Å². The van der Waals surface area contributed by atoms with Gasteiger partial charge in [-0.1, -0.05) is 5.16 Å². The molecule has 2 aromatic heterocycles. The summed E-state index contributed by atoms with van der Waals surface area (Å²) in [7, 11) is 1.67. The van der Waals surface area contributed by atoms with Gasteiger partial charge in [0.2, 0.25) is 6.41 Å². The number of β-lactam (4-membered cyclic amide) rings is 1. The summed E-state index contributed by atoms with van der Waals surface area (Å²) in [6.07, 6.45) is 0.764. The molecule has 0 radical (unpaired) electrons. The Morgan fingerprint density at radius 3 is 2.77 bits per heavy atom. The van der Waals surface area contributed by atoms with E-state index in [4.69, 9.17) is 21.4 Å². The minimum absolute atomic E-state index is 0.0504. The van der Waals surface area contributed by atoms with Gasteiger partial charge >= 0.3 is 11.1 Å². The highest BCUT2D eigenvalue weighted by molar-refractivity contribution is 8.01. The number of aryl methyl sites for hydroxylation is 1. The first kappa shape index (κ1) is 31.5. The summed E-state index contributed by atoms with van der Waals surface area (Å²) in [6.45, 7) is 1.45. The number of thiazole rings is 1. The molecule has 2 aromatic rings. The van der Waals surface area contributed by atoms with Crippen LogP contribution < -0.4 is 31.8 Å². The summed E-state index contributed by atoms with van der Waals surface area (Å²) in [4.78, 5) is 74.7. The molecule has 2 aliphatic rings. The normalized spacial score (nSPS) is 18.8. The zero-order chi connectivity index (χ0) is 31.4. The number of oxime groups is 1. The lowest BCUT2D eigenvalue weighted by Gasteiger charge is -2.50. The third kappa shape index (κ3) is 6.97. The summed E-state index contributed by atoms with van der Waals surface area (Å²) in [5, 5.41) is 31.1. The number of carboxylic acid groups (broad SMARTS) is 2. The number of carbonyl (C=O) groups excluding carboxylic acids is 4. The molecule has 0 saturated carbocycles. The van der Waals surface area contributed by atoms with Crippen molar-refractivity contribution < 1.29 is 43.6 Å². The van der Waals surface area contributed by atoms with Gasteiger partial charge in [0, 0.05) is 16.9 Å². The molecule has 0 aromatic carbocycles. The monoisotopic (exact) mass is 651 g/mol. The zero-order valence-corrected chi connectivity index (χ0v) is 25.0. The maximum atomic E-state index is 13.2. The largest absolute Gasteiger partial charge is 0.543 e. The van der Waals surface area contributed by atoms with Crippen molar-refractivity contribution in [1.29, 1.82) is 0 Å². The summed E-state index contributed by atoms with van der Waals surface area (Å²) in [6, 6.07) is -1.10. The van der Waals surface area contributed by atoms with E-state index in [2.05, 4.69) is 25.8 Å². The number of rotatable bonds is 13. The molecule has 2 unspecified atom stereocenters. The van der Waals surface area contributed by atoms with Crippen molar-refractivity contribution in [3.8, 4) is 0 Å². The molecule has 1 fully saturated rings. The minimum Gasteiger partial charge on any atom is -0.543 e. The lowest BCUT2D eigenvalue weighted by molar-refractivity contribution is -0.712. The van der Waals surface area contributed by atoms with Gasteiger partial charge in [-0.25, -0.2) is 9.55 Å². The Morgan fingerprint density at radius 2 is 2.14 bits per heavy atom. The number of carboxylic acids is 2. The fraction of sp³-hybridized carbons (Fsp3) is 0.348. The van der Waals surface area contributed by atoms with Crippen molar-refractivity contribution in [2.75, 3.05) is 28.3 Å². The second-order valence-electron chi connectivity index (χ2n) is 9.11. The highest BCUT2D eigenvalue weighted by atomic mass is 32.2. The van der Waals surface area contributed by atoms with Crippen molar-refractivity contribution in [2.24, 2.45) is 12.2 Å². The van der Waals surface area contributed by atoms with E-state index in [1.54, 1.807) is 17.8 Å². The number of aromatic nitrogens is 3. The number of nitrogen functional groups attached to an aromatic ring is 2. The number of nitrogens with two attached hydrogens (primary N) is 2. The lowest BCUT2D eigenvalue weighted by Crippen LogP contribution is -2.71. The maximum absolute atomic E-state index is 13.2. The molecule has 20 heteroatoms. The molecule has 3 amide bonds. The second-order valence-corrected chi connectivity index (χ2v) is 12.0. The fourth-order valence-corrected chi connectivity index (χ4v) is 7.02. The molecule has 1 saturated heterocycles. The molecule has 228 valence electrons. The van der Waals surface area contributed by atoms with Gasteiger partial charge in [0.1, 0.15) is 35.1 Å². The average molecular weight is 652 g/mol. The van der Waals surface area contributed by atoms with Crippen LogP contribution in [-0.4, -0.2) is 84.9 Å². The highest BCUT2D eigenvalue weighted by Crippen LogP contribution is 2.41. The van der Waals surface area contributed by atoms with E-state index in [0.717, 1.165) is 16.2 Å². The number of amides is 3. The first-order chi connectivity index (χ1) is 20.4. The van der Waals surface area contributed by atoms with Crippen LogP contribution in [0.2, 0.25) is 0 Å². The van der Waals surface area contributed by atoms with Crippen LogP contribution in [0.1, 0.15) is 19.0 Å². The van der Waals surface area contributed by atoms with E-state index < -0.39 is 41.3 Å². The predicted molar refractivity (Wildman–Crippen MR) is 153 cm³/mol. The maximum Gasteiger partial charge on any atom is 0.361 e. The third-order valence-electron chi connectivity index (χ3n) is 6.00. The summed E-state index contributed by atoms with van der Waals surface area (Å²) in [5.74, 6) is -3.80. The summed E-state index contributed by atoms with van der Waals surface area (Å²) in [5.41, 5.74) is 11.7. The SMILES string of the molecule is CC(CC(=O)O)O/N=C(\C(=O)NC1C(=O)N2C(C(=O)[O-])=C(CSc3nc(N)c(NC=O)c[n+]3C)CS[C@H]12)c1csc(N)n1. The number of hydrogen-bond donors (Lipinski definition) is 5. The molecule has 0 bridgehead atoms. The first-order valence-corrected chi connectivity index (χ1v) is 15.2. The Kier molecular flexibility index (Phi) is 9.71. The number of anilines is 3. The molecule has 43 heavy (non-hydrogen) atoms. The number of aliphatic carboxylic acids is 2. The minimum atomic E-state index is -1.55. The van der Waals surface area contributed by atoms with Crippen LogP contribution >= 0.6 is 34.9 Å². The van der Waals surface area contributed by atoms with Crippen molar-refractivity contribution >= 4 is 87.4 Å². The topological polar surface area (TPSA) is 259 Å². The standard InChI is InChI=1S/C23H25N9O8S3/c1-9(3-13(34)35)40-30-14(12-7-42-22(25)27-12)18(36)28-15-19(37)32-16(21(38)39)10(5-41-20(15)32)6-43-23-29-17(24)11(26-8-33)4-31(23)2/h4,7-9,15,20,24H,3,5-6H2,1-2H3,(H6,25,26,27,28,33,34,35,36,38,39)/b30-14-/t9?,15?,20-/m1/s1. The van der Waals surface area contributed by atoms with E-state index >= 15 is 0 Å². The van der Waals surface area contributed by atoms with E-state index in [0.29, 0.717) is 22.8 Å². The van der Waals surface area contributed by atoms with Gasteiger partial charge in [-0.15, -0.1) is 23.1 Å². The first-order valence-electron chi connectivity index (χ1n) is 12.3. The van der Waals surface area contributed by atoms with Crippen molar-refractivity contribution in [2.45, 2.75) is 36.0 Å². The smallest absolute Gasteiger partial charge is 0.361 e. The van der Waals surface area contributed by atoms with Crippen LogP contribution in [0.15, 0.2) is 33.2 Å². The van der Waals surface area contributed by atoms with Crippen LogP contribution in [0.3, 0.4) is 0 Å². The van der Waals surface area contributed by atoms with Crippen LogP contribution in [0.25, 0.3) is 0 Å². The fourth-order valence-electron chi connectivity index (χ4n) is 4.04. The summed E-state index contributed by atoms with van der Waals surface area (Å²) < 4.78 is 1.60. The number of nitrogens with one attached hydrogen (secondary N) is 2. The molecule has 0 spiro atoms. The molecule has 3 atom stereocenters. The van der Waals surface area contributed by atoms with E-state index in [9.17, 15) is 29.1 Å². The molecule has 17 nitrogen and oxygen atoms in total. The molecule has 4 heterocycles. The number of fused-ring (bicyclic) bond motifs is 1. The number of thioether (sulfide) groups is 2. The van der Waals surface area contributed by atoms with Gasteiger partial charge in [-0.3, -0.25) is 24.1 Å². The molecular formula is C23H25N9O8S3. The van der Waals surface area contributed by atoms with Crippen molar-refractivity contribution in [3.05, 3.63) is 28.5 Å².